The number of hydrogen-bond acceptors (Lipinski definition) is 3. The lowest BCUT2D eigenvalue weighted by molar-refractivity contribution is -0.138. The molecule has 3 amide bonds. The number of piperidine rings is 1. The maximum Gasteiger partial charge on any atom is 0.323 e. The number of carboxylic acid groups (broad SMARTS) is 1. The summed E-state index contributed by atoms with van der Waals surface area (Å²) in [6.07, 6.45) is 3.11. The van der Waals surface area contributed by atoms with E-state index in [9.17, 15) is 14.4 Å². The molecule has 2 N–H and O–H groups in total. The highest BCUT2D eigenvalue weighted by molar-refractivity contribution is 5.88. The predicted molar refractivity (Wildman–Crippen MR) is 77.9 cm³/mol. The second-order valence-corrected chi connectivity index (χ2v) is 5.67. The Morgan fingerprint density at radius 2 is 1.71 bits per heavy atom. The molecule has 0 aromatic heterocycles. The Kier molecular flexibility index (Phi) is 6.45. The highest BCUT2D eigenvalue weighted by Crippen LogP contribution is 2.10. The molecule has 7 nitrogen and oxygen atoms in total. The van der Waals surface area contributed by atoms with Gasteiger partial charge in [0.15, 0.2) is 0 Å². The molecule has 0 bridgehead atoms. The minimum absolute atomic E-state index is 0.109. The van der Waals surface area contributed by atoms with Crippen LogP contribution in [-0.2, 0) is 9.59 Å². The molecule has 0 spiro atoms. The summed E-state index contributed by atoms with van der Waals surface area (Å²) in [7, 11) is 0. The van der Waals surface area contributed by atoms with Gasteiger partial charge in [-0.2, -0.15) is 0 Å². The number of amides is 3. The lowest BCUT2D eigenvalue weighted by Crippen LogP contribution is -2.54. The molecule has 0 radical (unpaired) electrons. The van der Waals surface area contributed by atoms with E-state index < -0.39 is 18.0 Å². The van der Waals surface area contributed by atoms with E-state index in [1.54, 1.807) is 25.7 Å². The van der Waals surface area contributed by atoms with Gasteiger partial charge in [-0.3, -0.25) is 9.59 Å². The van der Waals surface area contributed by atoms with Gasteiger partial charge in [0.05, 0.1) is 0 Å². The van der Waals surface area contributed by atoms with Crippen molar-refractivity contribution in [2.45, 2.75) is 52.1 Å². The average Bonchev–Trinajstić information content (AvgIpc) is 2.44. The zero-order valence-electron chi connectivity index (χ0n) is 13.0. The minimum atomic E-state index is -1.08. The van der Waals surface area contributed by atoms with Gasteiger partial charge in [0, 0.05) is 19.1 Å². The van der Waals surface area contributed by atoms with Crippen LogP contribution in [0.4, 0.5) is 4.79 Å². The third kappa shape index (κ3) is 5.24. The van der Waals surface area contributed by atoms with Gasteiger partial charge in [-0.15, -0.1) is 0 Å². The van der Waals surface area contributed by atoms with Crippen LogP contribution in [0.3, 0.4) is 0 Å². The largest absolute Gasteiger partial charge is 0.480 e. The fourth-order valence-electron chi connectivity index (χ4n) is 2.35. The Hall–Kier alpha value is -1.79. The van der Waals surface area contributed by atoms with E-state index in [2.05, 4.69) is 5.32 Å². The van der Waals surface area contributed by atoms with Gasteiger partial charge in [0.1, 0.15) is 12.6 Å². The smallest absolute Gasteiger partial charge is 0.323 e. The molecule has 0 aromatic carbocycles. The molecule has 1 rings (SSSR count). The molecular formula is C14H25N3O4. The number of nitrogens with zero attached hydrogens (tertiary/aromatic N) is 2. The first-order chi connectivity index (χ1) is 9.82. The predicted octanol–water partition coefficient (Wildman–Crippen LogP) is 0.892. The lowest BCUT2D eigenvalue weighted by atomic mass is 10.1. The van der Waals surface area contributed by atoms with E-state index in [1.165, 1.54) is 4.90 Å². The van der Waals surface area contributed by atoms with Gasteiger partial charge in [-0.1, -0.05) is 0 Å². The van der Waals surface area contributed by atoms with Crippen molar-refractivity contribution in [1.29, 1.82) is 0 Å². The Labute approximate surface area is 125 Å². The summed E-state index contributed by atoms with van der Waals surface area (Å²) in [5.41, 5.74) is 0. The summed E-state index contributed by atoms with van der Waals surface area (Å²) < 4.78 is 0. The Morgan fingerprint density at radius 1 is 1.14 bits per heavy atom. The SMILES string of the molecule is CC(NC(=O)N(CC(=O)O)C(C)C)C(=O)N1CCCCC1. The van der Waals surface area contributed by atoms with Crippen LogP contribution in [0.2, 0.25) is 0 Å². The van der Waals surface area contributed by atoms with Crippen molar-refractivity contribution >= 4 is 17.9 Å². The molecule has 1 aliphatic rings. The quantitative estimate of drug-likeness (QED) is 0.789. The molecule has 1 heterocycles. The summed E-state index contributed by atoms with van der Waals surface area (Å²) in [6, 6.07) is -1.42. The van der Waals surface area contributed by atoms with Crippen molar-refractivity contribution in [2.75, 3.05) is 19.6 Å². The molecule has 0 saturated carbocycles. The molecule has 1 unspecified atom stereocenters. The third-order valence-corrected chi connectivity index (χ3v) is 3.57. The first kappa shape index (κ1) is 17.3. The molecule has 0 aliphatic carbocycles. The van der Waals surface area contributed by atoms with Crippen LogP contribution in [0.25, 0.3) is 0 Å². The van der Waals surface area contributed by atoms with Gasteiger partial charge >= 0.3 is 12.0 Å². The Morgan fingerprint density at radius 3 is 2.19 bits per heavy atom. The van der Waals surface area contributed by atoms with Crippen LogP contribution in [0.15, 0.2) is 0 Å². The zero-order chi connectivity index (χ0) is 16.0. The summed E-state index contributed by atoms with van der Waals surface area (Å²) in [4.78, 5) is 38.1. The van der Waals surface area contributed by atoms with Crippen LogP contribution in [0, 0.1) is 0 Å². The van der Waals surface area contributed by atoms with E-state index in [1.807, 2.05) is 0 Å². The number of nitrogens with one attached hydrogen (secondary N) is 1. The zero-order valence-corrected chi connectivity index (χ0v) is 13.0. The van der Waals surface area contributed by atoms with Gasteiger partial charge in [-0.05, 0) is 40.0 Å². The van der Waals surface area contributed by atoms with E-state index in [4.69, 9.17) is 5.11 Å². The standard InChI is InChI=1S/C14H25N3O4/c1-10(2)17(9-12(18)19)14(21)15-11(3)13(20)16-7-5-4-6-8-16/h10-11H,4-9H2,1-3H3,(H,15,21)(H,18,19). The lowest BCUT2D eigenvalue weighted by Gasteiger charge is -2.31. The molecule has 0 aromatic rings. The number of urea groups is 1. The summed E-state index contributed by atoms with van der Waals surface area (Å²) in [5, 5.41) is 11.4. The summed E-state index contributed by atoms with van der Waals surface area (Å²) in [5.74, 6) is -1.18. The number of hydrogen-bond donors (Lipinski definition) is 2. The second-order valence-electron chi connectivity index (χ2n) is 5.67. The highest BCUT2D eigenvalue weighted by atomic mass is 16.4. The monoisotopic (exact) mass is 299 g/mol. The van der Waals surface area contributed by atoms with Crippen LogP contribution < -0.4 is 5.32 Å². The Bertz CT molecular complexity index is 392. The molecule has 21 heavy (non-hydrogen) atoms. The van der Waals surface area contributed by atoms with Crippen molar-refractivity contribution in [3.8, 4) is 0 Å². The minimum Gasteiger partial charge on any atom is -0.480 e. The van der Waals surface area contributed by atoms with Crippen LogP contribution >= 0.6 is 0 Å². The first-order valence-electron chi connectivity index (χ1n) is 7.40. The molecule has 1 fully saturated rings. The molecule has 120 valence electrons. The van der Waals surface area contributed by atoms with Crippen molar-refractivity contribution in [1.82, 2.24) is 15.1 Å². The fourth-order valence-corrected chi connectivity index (χ4v) is 2.35. The highest BCUT2D eigenvalue weighted by Gasteiger charge is 2.26. The van der Waals surface area contributed by atoms with E-state index in [0.29, 0.717) is 0 Å². The molecule has 1 atom stereocenters. The normalized spacial score (nSPS) is 16.5. The van der Waals surface area contributed by atoms with Crippen LogP contribution in [-0.4, -0.2) is 64.5 Å². The second kappa shape index (κ2) is 7.85. The van der Waals surface area contributed by atoms with E-state index >= 15 is 0 Å². The maximum absolute atomic E-state index is 12.2. The third-order valence-electron chi connectivity index (χ3n) is 3.57. The van der Waals surface area contributed by atoms with Gasteiger partial charge in [0.2, 0.25) is 5.91 Å². The summed E-state index contributed by atoms with van der Waals surface area (Å²) in [6.45, 7) is 6.17. The number of carboxylic acids is 1. The maximum atomic E-state index is 12.2. The van der Waals surface area contributed by atoms with Crippen molar-refractivity contribution < 1.29 is 19.5 Å². The number of carbonyl (C=O) groups is 3. The number of likely N-dealkylation sites (tertiary alicyclic amines) is 1. The van der Waals surface area contributed by atoms with Crippen molar-refractivity contribution in [3.05, 3.63) is 0 Å². The van der Waals surface area contributed by atoms with Gasteiger partial charge in [0.25, 0.3) is 0 Å². The molecular weight excluding hydrogens is 274 g/mol. The van der Waals surface area contributed by atoms with Gasteiger partial charge in [-0.25, -0.2) is 4.79 Å². The molecule has 7 heteroatoms. The van der Waals surface area contributed by atoms with Gasteiger partial charge < -0.3 is 20.2 Å². The van der Waals surface area contributed by atoms with E-state index in [-0.39, 0.29) is 18.5 Å². The van der Waals surface area contributed by atoms with Crippen LogP contribution in [0.5, 0.6) is 0 Å². The first-order valence-corrected chi connectivity index (χ1v) is 7.40. The van der Waals surface area contributed by atoms with Crippen LogP contribution in [0.1, 0.15) is 40.0 Å². The molecule has 1 saturated heterocycles. The summed E-state index contributed by atoms with van der Waals surface area (Å²) >= 11 is 0. The fraction of sp³-hybridized carbons (Fsp3) is 0.786. The average molecular weight is 299 g/mol. The number of rotatable bonds is 5. The van der Waals surface area contributed by atoms with E-state index in [0.717, 1.165) is 32.4 Å². The van der Waals surface area contributed by atoms with Crippen molar-refractivity contribution in [3.63, 3.8) is 0 Å². The Balaban J connectivity index is 2.58. The molecule has 1 aliphatic heterocycles. The number of carbonyl (C=O) groups excluding carboxylic acids is 2. The van der Waals surface area contributed by atoms with Crippen molar-refractivity contribution in [2.24, 2.45) is 0 Å². The topological polar surface area (TPSA) is 90.0 Å². The number of aliphatic carboxylic acids is 1.